The van der Waals surface area contributed by atoms with Crippen LogP contribution in [0.15, 0.2) is 42.5 Å². The second-order valence-corrected chi connectivity index (χ2v) is 4.33. The van der Waals surface area contributed by atoms with Gasteiger partial charge in [0.1, 0.15) is 11.8 Å². The van der Waals surface area contributed by atoms with Crippen LogP contribution in [-0.4, -0.2) is 7.11 Å². The molecule has 0 bridgehead atoms. The minimum Gasteiger partial charge on any atom is -0.497 e. The SMILES string of the molecule is COc1ccc(COCc2cccc(N)c2C#N)cc1. The molecule has 0 fully saturated rings. The normalized spacial score (nSPS) is 10.0. The van der Waals surface area contributed by atoms with E-state index >= 15 is 0 Å². The van der Waals surface area contributed by atoms with Gasteiger partial charge in [0.2, 0.25) is 0 Å². The molecule has 4 nitrogen and oxygen atoms in total. The molecule has 0 atom stereocenters. The molecule has 0 aromatic heterocycles. The van der Waals surface area contributed by atoms with Gasteiger partial charge in [-0.1, -0.05) is 24.3 Å². The lowest BCUT2D eigenvalue weighted by atomic mass is 10.1. The van der Waals surface area contributed by atoms with E-state index < -0.39 is 0 Å². The molecule has 0 amide bonds. The Hall–Kier alpha value is -2.51. The molecule has 0 aliphatic heterocycles. The maximum Gasteiger partial charge on any atom is 0.118 e. The van der Waals surface area contributed by atoms with Crippen molar-refractivity contribution >= 4 is 5.69 Å². The second-order valence-electron chi connectivity index (χ2n) is 4.33. The quantitative estimate of drug-likeness (QED) is 0.847. The number of hydrogen-bond acceptors (Lipinski definition) is 4. The smallest absolute Gasteiger partial charge is 0.118 e. The number of nitrogen functional groups attached to an aromatic ring is 1. The molecule has 0 heterocycles. The summed E-state index contributed by atoms with van der Waals surface area (Å²) in [6, 6.07) is 15.2. The van der Waals surface area contributed by atoms with Gasteiger partial charge in [-0.05, 0) is 29.3 Å². The first-order chi connectivity index (χ1) is 9.74. The third kappa shape index (κ3) is 3.28. The monoisotopic (exact) mass is 268 g/mol. The predicted octanol–water partition coefficient (Wildman–Crippen LogP) is 2.87. The van der Waals surface area contributed by atoms with Crippen molar-refractivity contribution in [2.24, 2.45) is 0 Å². The molecule has 0 saturated carbocycles. The molecule has 2 rings (SSSR count). The summed E-state index contributed by atoms with van der Waals surface area (Å²) in [4.78, 5) is 0. The summed E-state index contributed by atoms with van der Waals surface area (Å²) >= 11 is 0. The van der Waals surface area contributed by atoms with Gasteiger partial charge in [0, 0.05) is 5.69 Å². The van der Waals surface area contributed by atoms with E-state index in [9.17, 15) is 0 Å². The third-order valence-corrected chi connectivity index (χ3v) is 2.98. The average Bonchev–Trinajstić information content (AvgIpc) is 2.48. The number of ether oxygens (including phenoxy) is 2. The van der Waals surface area contributed by atoms with Gasteiger partial charge in [-0.15, -0.1) is 0 Å². The van der Waals surface area contributed by atoms with E-state index in [0.29, 0.717) is 24.5 Å². The van der Waals surface area contributed by atoms with Crippen LogP contribution in [0.2, 0.25) is 0 Å². The van der Waals surface area contributed by atoms with Crippen molar-refractivity contribution in [3.8, 4) is 11.8 Å². The highest BCUT2D eigenvalue weighted by molar-refractivity contribution is 5.57. The fourth-order valence-electron chi connectivity index (χ4n) is 1.88. The first kappa shape index (κ1) is 13.9. The van der Waals surface area contributed by atoms with Gasteiger partial charge in [0.15, 0.2) is 0 Å². The van der Waals surface area contributed by atoms with Crippen LogP contribution >= 0.6 is 0 Å². The van der Waals surface area contributed by atoms with E-state index in [2.05, 4.69) is 6.07 Å². The van der Waals surface area contributed by atoms with Gasteiger partial charge in [-0.25, -0.2) is 0 Å². The summed E-state index contributed by atoms with van der Waals surface area (Å²) in [5, 5.41) is 9.07. The van der Waals surface area contributed by atoms with E-state index in [4.69, 9.17) is 20.5 Å². The second kappa shape index (κ2) is 6.60. The fourth-order valence-corrected chi connectivity index (χ4v) is 1.88. The maximum absolute atomic E-state index is 9.07. The van der Waals surface area contributed by atoms with Crippen LogP contribution < -0.4 is 10.5 Å². The Balaban J connectivity index is 1.96. The summed E-state index contributed by atoms with van der Waals surface area (Å²) in [6.07, 6.45) is 0. The largest absolute Gasteiger partial charge is 0.497 e. The lowest BCUT2D eigenvalue weighted by Gasteiger charge is -2.08. The number of benzene rings is 2. The topological polar surface area (TPSA) is 68.3 Å². The van der Waals surface area contributed by atoms with Crippen molar-refractivity contribution in [1.29, 1.82) is 5.26 Å². The summed E-state index contributed by atoms with van der Waals surface area (Å²) < 4.78 is 10.7. The zero-order valence-electron chi connectivity index (χ0n) is 11.3. The summed E-state index contributed by atoms with van der Waals surface area (Å²) in [6.45, 7) is 0.837. The Morgan fingerprint density at radius 1 is 1.10 bits per heavy atom. The lowest BCUT2D eigenvalue weighted by Crippen LogP contribution is -2.00. The number of anilines is 1. The van der Waals surface area contributed by atoms with Crippen molar-refractivity contribution in [2.45, 2.75) is 13.2 Å². The molecule has 0 saturated heterocycles. The van der Waals surface area contributed by atoms with Gasteiger partial charge >= 0.3 is 0 Å². The van der Waals surface area contributed by atoms with Gasteiger partial charge < -0.3 is 15.2 Å². The van der Waals surface area contributed by atoms with Crippen LogP contribution in [-0.2, 0) is 18.0 Å². The average molecular weight is 268 g/mol. The first-order valence-electron chi connectivity index (χ1n) is 6.22. The van der Waals surface area contributed by atoms with E-state index in [-0.39, 0.29) is 0 Å². The van der Waals surface area contributed by atoms with E-state index in [1.54, 1.807) is 13.2 Å². The highest BCUT2D eigenvalue weighted by Gasteiger charge is 2.05. The molecule has 0 radical (unpaired) electrons. The van der Waals surface area contributed by atoms with Gasteiger partial charge in [0.25, 0.3) is 0 Å². The fraction of sp³-hybridized carbons (Fsp3) is 0.188. The zero-order valence-corrected chi connectivity index (χ0v) is 11.3. The highest BCUT2D eigenvalue weighted by atomic mass is 16.5. The molecule has 2 aromatic carbocycles. The third-order valence-electron chi connectivity index (χ3n) is 2.98. The van der Waals surface area contributed by atoms with Crippen LogP contribution in [0.5, 0.6) is 5.75 Å². The molecular weight excluding hydrogens is 252 g/mol. The number of hydrogen-bond donors (Lipinski definition) is 1. The number of nitrogens with zero attached hydrogens (tertiary/aromatic N) is 1. The molecule has 2 N–H and O–H groups in total. The number of nitriles is 1. The van der Waals surface area contributed by atoms with E-state index in [0.717, 1.165) is 16.9 Å². The highest BCUT2D eigenvalue weighted by Crippen LogP contribution is 2.18. The molecule has 0 aliphatic rings. The lowest BCUT2D eigenvalue weighted by molar-refractivity contribution is 0.107. The van der Waals surface area contributed by atoms with Crippen LogP contribution in [0.25, 0.3) is 0 Å². The Morgan fingerprint density at radius 3 is 2.50 bits per heavy atom. The van der Waals surface area contributed by atoms with E-state index in [1.807, 2.05) is 36.4 Å². The number of methoxy groups -OCH3 is 1. The van der Waals surface area contributed by atoms with Gasteiger partial charge in [-0.3, -0.25) is 0 Å². The van der Waals surface area contributed by atoms with Crippen LogP contribution in [0.4, 0.5) is 5.69 Å². The Kier molecular flexibility index (Phi) is 4.59. The molecule has 0 spiro atoms. The van der Waals surface area contributed by atoms with Crippen LogP contribution in [0.1, 0.15) is 16.7 Å². The van der Waals surface area contributed by atoms with Crippen LogP contribution in [0, 0.1) is 11.3 Å². The zero-order chi connectivity index (χ0) is 14.4. The van der Waals surface area contributed by atoms with Crippen molar-refractivity contribution in [1.82, 2.24) is 0 Å². The molecule has 102 valence electrons. The Labute approximate surface area is 118 Å². The summed E-state index contributed by atoms with van der Waals surface area (Å²) in [7, 11) is 1.63. The Morgan fingerprint density at radius 2 is 1.85 bits per heavy atom. The maximum atomic E-state index is 9.07. The van der Waals surface area contributed by atoms with Crippen molar-refractivity contribution in [2.75, 3.05) is 12.8 Å². The standard InChI is InChI=1S/C16H16N2O2/c1-19-14-7-5-12(6-8-14)10-20-11-13-3-2-4-16(18)15(13)9-17/h2-8H,10-11,18H2,1H3. The summed E-state index contributed by atoms with van der Waals surface area (Å²) in [5.74, 6) is 0.816. The van der Waals surface area contributed by atoms with Crippen LogP contribution in [0.3, 0.4) is 0 Å². The molecule has 2 aromatic rings. The van der Waals surface area contributed by atoms with Crippen molar-refractivity contribution < 1.29 is 9.47 Å². The van der Waals surface area contributed by atoms with Crippen molar-refractivity contribution in [3.05, 3.63) is 59.2 Å². The minimum absolute atomic E-state index is 0.361. The first-order valence-corrected chi connectivity index (χ1v) is 6.22. The molecular formula is C16H16N2O2. The number of nitrogens with two attached hydrogens (primary N) is 1. The van der Waals surface area contributed by atoms with Crippen molar-refractivity contribution in [3.63, 3.8) is 0 Å². The minimum atomic E-state index is 0.361. The molecule has 0 aliphatic carbocycles. The summed E-state index contributed by atoms with van der Waals surface area (Å²) in [5.41, 5.74) is 8.58. The molecule has 0 unspecified atom stereocenters. The molecule has 20 heavy (non-hydrogen) atoms. The number of rotatable bonds is 5. The predicted molar refractivity (Wildman–Crippen MR) is 77.1 cm³/mol. The van der Waals surface area contributed by atoms with E-state index in [1.165, 1.54) is 0 Å². The Bertz CT molecular complexity index is 615. The van der Waals surface area contributed by atoms with Gasteiger partial charge in [-0.2, -0.15) is 5.26 Å². The molecule has 4 heteroatoms. The van der Waals surface area contributed by atoms with Gasteiger partial charge in [0.05, 0.1) is 25.9 Å².